The minimum absolute atomic E-state index is 0.259. The van der Waals surface area contributed by atoms with Crippen LogP contribution in [-0.2, 0) is 10.0 Å². The van der Waals surface area contributed by atoms with E-state index in [2.05, 4.69) is 19.8 Å². The average Bonchev–Trinajstić information content (AvgIpc) is 3.38. The molecule has 27 heavy (non-hydrogen) atoms. The van der Waals surface area contributed by atoms with E-state index in [9.17, 15) is 8.42 Å². The first kappa shape index (κ1) is 17.2. The van der Waals surface area contributed by atoms with Gasteiger partial charge in [0.2, 0.25) is 5.88 Å². The first-order valence-corrected chi connectivity index (χ1v) is 10.1. The Labute approximate surface area is 159 Å². The van der Waals surface area contributed by atoms with E-state index in [0.717, 1.165) is 11.3 Å². The van der Waals surface area contributed by atoms with Gasteiger partial charge in [0.05, 0.1) is 0 Å². The number of anilines is 1. The summed E-state index contributed by atoms with van der Waals surface area (Å²) in [6, 6.07) is 13.2. The Bertz CT molecular complexity index is 1130. The molecule has 3 aromatic heterocycles. The van der Waals surface area contributed by atoms with Crippen LogP contribution in [0, 0.1) is 0 Å². The zero-order valence-corrected chi connectivity index (χ0v) is 15.4. The van der Waals surface area contributed by atoms with E-state index in [1.54, 1.807) is 71.0 Å². The zero-order valence-electron chi connectivity index (χ0n) is 13.8. The van der Waals surface area contributed by atoms with Crippen LogP contribution >= 0.6 is 11.3 Å². The number of sulfonamides is 1. The highest BCUT2D eigenvalue weighted by molar-refractivity contribution is 7.94. The van der Waals surface area contributed by atoms with Crippen LogP contribution in [0.25, 0.3) is 5.82 Å². The molecule has 4 aromatic rings. The van der Waals surface area contributed by atoms with Crippen LogP contribution in [0.5, 0.6) is 11.6 Å². The van der Waals surface area contributed by atoms with Gasteiger partial charge >= 0.3 is 0 Å². The maximum atomic E-state index is 12.2. The predicted octanol–water partition coefficient (Wildman–Crippen LogP) is 3.32. The van der Waals surface area contributed by atoms with E-state index >= 15 is 0 Å². The lowest BCUT2D eigenvalue weighted by Gasteiger charge is -2.09. The van der Waals surface area contributed by atoms with Crippen molar-refractivity contribution in [2.24, 2.45) is 0 Å². The van der Waals surface area contributed by atoms with Gasteiger partial charge in [-0.3, -0.25) is 4.72 Å². The van der Waals surface area contributed by atoms with Gasteiger partial charge in [-0.05, 0) is 41.8 Å². The van der Waals surface area contributed by atoms with Crippen molar-refractivity contribution in [3.63, 3.8) is 0 Å². The van der Waals surface area contributed by atoms with Gasteiger partial charge in [-0.25, -0.2) is 23.1 Å². The van der Waals surface area contributed by atoms with E-state index in [4.69, 9.17) is 4.74 Å². The molecule has 4 rings (SSSR count). The summed E-state index contributed by atoms with van der Waals surface area (Å²) in [6.45, 7) is 0. The van der Waals surface area contributed by atoms with Crippen LogP contribution in [0.15, 0.2) is 76.8 Å². The third kappa shape index (κ3) is 3.96. The molecule has 3 heterocycles. The van der Waals surface area contributed by atoms with Crippen molar-refractivity contribution in [3.8, 4) is 17.4 Å². The first-order valence-electron chi connectivity index (χ1n) is 7.76. The summed E-state index contributed by atoms with van der Waals surface area (Å²) >= 11 is 1.16. The molecular formula is C17H13N5O3S2. The van der Waals surface area contributed by atoms with Crippen molar-refractivity contribution in [2.75, 3.05) is 4.72 Å². The molecule has 0 fully saturated rings. The summed E-state index contributed by atoms with van der Waals surface area (Å²) in [4.78, 5) is 8.21. The number of aromatic nitrogens is 4. The summed E-state index contributed by atoms with van der Waals surface area (Å²) in [6.07, 6.45) is 4.80. The molecule has 0 aliphatic rings. The second-order valence-corrected chi connectivity index (χ2v) is 8.19. The van der Waals surface area contributed by atoms with Crippen molar-refractivity contribution in [1.82, 2.24) is 19.7 Å². The fourth-order valence-corrected chi connectivity index (χ4v) is 4.30. The molecule has 0 saturated heterocycles. The topological polar surface area (TPSA) is 99.0 Å². The number of benzene rings is 1. The highest BCUT2D eigenvalue weighted by Gasteiger charge is 2.15. The van der Waals surface area contributed by atoms with Crippen molar-refractivity contribution in [2.45, 2.75) is 4.21 Å². The minimum atomic E-state index is -3.58. The summed E-state index contributed by atoms with van der Waals surface area (Å²) in [7, 11) is -3.58. The van der Waals surface area contributed by atoms with Crippen LogP contribution in [0.4, 0.5) is 5.69 Å². The lowest BCUT2D eigenvalue weighted by Crippen LogP contribution is -2.11. The van der Waals surface area contributed by atoms with Crippen LogP contribution < -0.4 is 9.46 Å². The summed E-state index contributed by atoms with van der Waals surface area (Å²) in [5.41, 5.74) is 0.440. The number of nitrogens with one attached hydrogen (secondary N) is 1. The van der Waals surface area contributed by atoms with Gasteiger partial charge in [-0.1, -0.05) is 6.07 Å². The molecule has 0 radical (unpaired) electrons. The highest BCUT2D eigenvalue weighted by Crippen LogP contribution is 2.24. The molecule has 0 atom stereocenters. The highest BCUT2D eigenvalue weighted by atomic mass is 32.2. The van der Waals surface area contributed by atoms with Crippen molar-refractivity contribution >= 4 is 27.0 Å². The lowest BCUT2D eigenvalue weighted by atomic mass is 10.3. The number of nitrogens with zero attached hydrogens (tertiary/aromatic N) is 4. The molecule has 0 unspecified atom stereocenters. The zero-order chi connectivity index (χ0) is 18.7. The number of hydrogen-bond acceptors (Lipinski definition) is 7. The van der Waals surface area contributed by atoms with E-state index < -0.39 is 10.0 Å². The van der Waals surface area contributed by atoms with Crippen LogP contribution in [-0.4, -0.2) is 28.2 Å². The maximum Gasteiger partial charge on any atom is 0.271 e. The molecule has 0 aliphatic heterocycles. The number of rotatable bonds is 6. The molecule has 10 heteroatoms. The van der Waals surface area contributed by atoms with Gasteiger partial charge < -0.3 is 4.74 Å². The number of hydrogen-bond donors (Lipinski definition) is 1. The number of ether oxygens (including phenoxy) is 1. The van der Waals surface area contributed by atoms with Gasteiger partial charge in [0, 0.05) is 24.1 Å². The quantitative estimate of drug-likeness (QED) is 0.534. The molecule has 0 amide bonds. The van der Waals surface area contributed by atoms with Crippen LogP contribution in [0.2, 0.25) is 0 Å². The van der Waals surface area contributed by atoms with Gasteiger partial charge in [-0.2, -0.15) is 5.10 Å². The monoisotopic (exact) mass is 399 g/mol. The van der Waals surface area contributed by atoms with Crippen LogP contribution in [0.3, 0.4) is 0 Å². The average molecular weight is 399 g/mol. The summed E-state index contributed by atoms with van der Waals surface area (Å²) < 4.78 is 34.6. The third-order valence-electron chi connectivity index (χ3n) is 3.46. The molecule has 0 aliphatic carbocycles. The van der Waals surface area contributed by atoms with Gasteiger partial charge in [-0.15, -0.1) is 11.3 Å². The summed E-state index contributed by atoms with van der Waals surface area (Å²) in [5, 5.41) is 5.82. The second kappa shape index (κ2) is 7.17. The van der Waals surface area contributed by atoms with Crippen molar-refractivity contribution in [3.05, 3.63) is 72.6 Å². The van der Waals surface area contributed by atoms with E-state index in [-0.39, 0.29) is 4.21 Å². The predicted molar refractivity (Wildman–Crippen MR) is 101 cm³/mol. The molecule has 0 bridgehead atoms. The Balaban J connectivity index is 1.48. The fourth-order valence-electron chi connectivity index (χ4n) is 2.25. The second-order valence-electron chi connectivity index (χ2n) is 5.33. The van der Waals surface area contributed by atoms with E-state index in [0.29, 0.717) is 23.1 Å². The molecule has 0 spiro atoms. The van der Waals surface area contributed by atoms with Gasteiger partial charge in [0.25, 0.3) is 10.0 Å². The molecular weight excluding hydrogens is 386 g/mol. The SMILES string of the molecule is O=S(=O)(Nc1ccc(Oc2cc(-n3cccn3)ncn2)cc1)c1cccs1. The van der Waals surface area contributed by atoms with Gasteiger partial charge in [0.1, 0.15) is 16.3 Å². The van der Waals surface area contributed by atoms with Gasteiger partial charge in [0.15, 0.2) is 5.82 Å². The maximum absolute atomic E-state index is 12.2. The first-order chi connectivity index (χ1) is 13.1. The van der Waals surface area contributed by atoms with Crippen molar-refractivity contribution < 1.29 is 13.2 Å². The normalized spacial score (nSPS) is 11.3. The minimum Gasteiger partial charge on any atom is -0.439 e. The number of thiophene rings is 1. The fraction of sp³-hybridized carbons (Fsp3) is 0. The molecule has 0 saturated carbocycles. The lowest BCUT2D eigenvalue weighted by molar-refractivity contribution is 0.460. The Morgan fingerprint density at radius 2 is 1.93 bits per heavy atom. The Morgan fingerprint density at radius 1 is 1.07 bits per heavy atom. The molecule has 1 N–H and O–H groups in total. The standard InChI is InChI=1S/C17H13N5O3S2/c23-27(24,17-3-1-10-26-17)21-13-4-6-14(7-5-13)25-16-11-15(18-12-19-16)22-9-2-8-20-22/h1-12,21H. The smallest absolute Gasteiger partial charge is 0.271 e. The van der Waals surface area contributed by atoms with Crippen LogP contribution in [0.1, 0.15) is 0 Å². The third-order valence-corrected chi connectivity index (χ3v) is 6.23. The largest absolute Gasteiger partial charge is 0.439 e. The Morgan fingerprint density at radius 3 is 2.63 bits per heavy atom. The molecule has 1 aromatic carbocycles. The van der Waals surface area contributed by atoms with E-state index in [1.807, 2.05) is 0 Å². The van der Waals surface area contributed by atoms with E-state index in [1.165, 1.54) is 6.33 Å². The summed E-state index contributed by atoms with van der Waals surface area (Å²) in [5.74, 6) is 1.44. The molecule has 136 valence electrons. The Hall–Kier alpha value is -3.24. The Kier molecular flexibility index (Phi) is 4.57. The molecule has 8 nitrogen and oxygen atoms in total. The van der Waals surface area contributed by atoms with Crippen molar-refractivity contribution in [1.29, 1.82) is 0 Å².